The molecule has 0 saturated carbocycles. The van der Waals surface area contributed by atoms with Crippen LogP contribution in [0.2, 0.25) is 0 Å². The molecule has 0 aliphatic heterocycles. The van der Waals surface area contributed by atoms with Crippen LogP contribution in [0.5, 0.6) is 0 Å². The van der Waals surface area contributed by atoms with Crippen molar-refractivity contribution >= 4 is 21.6 Å². The number of nitrogen functional groups attached to an aromatic ring is 1. The molecule has 0 unspecified atom stereocenters. The number of anilines is 1. The van der Waals surface area contributed by atoms with Crippen molar-refractivity contribution in [2.24, 2.45) is 0 Å². The number of amides is 1. The predicted molar refractivity (Wildman–Crippen MR) is 69.4 cm³/mol. The number of benzene rings is 1. The van der Waals surface area contributed by atoms with Gasteiger partial charge in [-0.15, -0.1) is 0 Å². The molecule has 0 radical (unpaired) electrons. The molecule has 0 aliphatic carbocycles. The number of nitrogens with two attached hydrogens (primary N) is 1. The van der Waals surface area contributed by atoms with Crippen molar-refractivity contribution in [2.75, 3.05) is 26.4 Å². The van der Waals surface area contributed by atoms with Gasteiger partial charge in [0.2, 0.25) is 15.9 Å². The molecule has 0 heterocycles. The SMILES string of the molecule is Cc1cc(N)cc(S(=O)(=O)NCC(=O)N(C)C)c1F. The van der Waals surface area contributed by atoms with E-state index in [1.807, 2.05) is 4.72 Å². The van der Waals surface area contributed by atoms with Gasteiger partial charge in [0.05, 0.1) is 6.54 Å². The molecule has 1 amide bonds. The van der Waals surface area contributed by atoms with Gasteiger partial charge in [0.25, 0.3) is 0 Å². The fourth-order valence-corrected chi connectivity index (χ4v) is 2.51. The number of halogens is 1. The first-order valence-electron chi connectivity index (χ1n) is 5.40. The van der Waals surface area contributed by atoms with E-state index in [1.165, 1.54) is 32.0 Å². The lowest BCUT2D eigenvalue weighted by Gasteiger charge is -2.12. The van der Waals surface area contributed by atoms with Gasteiger partial charge in [0.15, 0.2) is 0 Å². The molecule has 1 aromatic carbocycles. The minimum Gasteiger partial charge on any atom is -0.399 e. The summed E-state index contributed by atoms with van der Waals surface area (Å²) in [6.07, 6.45) is 0. The standard InChI is InChI=1S/C11H16FN3O3S/c1-7-4-8(13)5-9(11(7)12)19(17,18)14-6-10(16)15(2)3/h4-5,14H,6,13H2,1-3H3. The number of hydrogen-bond donors (Lipinski definition) is 2. The maximum absolute atomic E-state index is 13.8. The molecule has 106 valence electrons. The molecule has 0 bridgehead atoms. The van der Waals surface area contributed by atoms with Gasteiger partial charge in [0, 0.05) is 19.8 Å². The zero-order valence-corrected chi connectivity index (χ0v) is 11.7. The normalized spacial score (nSPS) is 11.4. The molecule has 0 spiro atoms. The van der Waals surface area contributed by atoms with E-state index in [-0.39, 0.29) is 11.3 Å². The van der Waals surface area contributed by atoms with E-state index >= 15 is 0 Å². The van der Waals surface area contributed by atoms with Gasteiger partial charge in [-0.1, -0.05) is 0 Å². The largest absolute Gasteiger partial charge is 0.399 e. The van der Waals surface area contributed by atoms with Crippen molar-refractivity contribution in [1.29, 1.82) is 0 Å². The van der Waals surface area contributed by atoms with Crippen molar-refractivity contribution in [2.45, 2.75) is 11.8 Å². The van der Waals surface area contributed by atoms with Crippen LogP contribution in [0.4, 0.5) is 10.1 Å². The number of hydrogen-bond acceptors (Lipinski definition) is 4. The van der Waals surface area contributed by atoms with E-state index in [9.17, 15) is 17.6 Å². The second-order valence-corrected chi connectivity index (χ2v) is 6.00. The summed E-state index contributed by atoms with van der Waals surface area (Å²) in [6, 6.07) is 2.35. The molecule has 19 heavy (non-hydrogen) atoms. The van der Waals surface area contributed by atoms with Crippen LogP contribution in [-0.2, 0) is 14.8 Å². The molecular formula is C11H16FN3O3S. The van der Waals surface area contributed by atoms with Crippen molar-refractivity contribution in [1.82, 2.24) is 9.62 Å². The Hall–Kier alpha value is -1.67. The van der Waals surface area contributed by atoms with Gasteiger partial charge in [-0.05, 0) is 24.6 Å². The lowest BCUT2D eigenvalue weighted by Crippen LogP contribution is -2.36. The molecule has 0 atom stereocenters. The lowest BCUT2D eigenvalue weighted by molar-refractivity contribution is -0.127. The third kappa shape index (κ3) is 3.65. The third-order valence-electron chi connectivity index (χ3n) is 2.45. The Morgan fingerprint density at radius 3 is 2.53 bits per heavy atom. The van der Waals surface area contributed by atoms with Crippen LogP contribution in [0.25, 0.3) is 0 Å². The van der Waals surface area contributed by atoms with Crippen LogP contribution in [-0.4, -0.2) is 39.9 Å². The lowest BCUT2D eigenvalue weighted by atomic mass is 10.2. The summed E-state index contributed by atoms with van der Waals surface area (Å²) >= 11 is 0. The van der Waals surface area contributed by atoms with Crippen LogP contribution in [0.15, 0.2) is 17.0 Å². The highest BCUT2D eigenvalue weighted by molar-refractivity contribution is 7.89. The molecule has 8 heteroatoms. The number of nitrogens with zero attached hydrogens (tertiary/aromatic N) is 1. The second-order valence-electron chi connectivity index (χ2n) is 4.26. The van der Waals surface area contributed by atoms with Gasteiger partial charge in [-0.25, -0.2) is 17.5 Å². The molecule has 0 saturated heterocycles. The number of carbonyl (C=O) groups is 1. The van der Waals surface area contributed by atoms with E-state index in [0.29, 0.717) is 0 Å². The zero-order chi connectivity index (χ0) is 14.8. The van der Waals surface area contributed by atoms with Gasteiger partial charge in [0.1, 0.15) is 10.7 Å². The number of aryl methyl sites for hydroxylation is 1. The van der Waals surface area contributed by atoms with Gasteiger partial charge in [-0.3, -0.25) is 4.79 Å². The fraction of sp³-hybridized carbons (Fsp3) is 0.364. The minimum absolute atomic E-state index is 0.124. The summed E-state index contributed by atoms with van der Waals surface area (Å²) < 4.78 is 39.6. The van der Waals surface area contributed by atoms with E-state index in [0.717, 1.165) is 6.07 Å². The number of rotatable bonds is 4. The van der Waals surface area contributed by atoms with Crippen molar-refractivity contribution in [3.05, 3.63) is 23.5 Å². The molecule has 6 nitrogen and oxygen atoms in total. The van der Waals surface area contributed by atoms with Gasteiger partial charge in [-0.2, -0.15) is 0 Å². The molecule has 1 aromatic rings. The molecule has 0 aromatic heterocycles. The van der Waals surface area contributed by atoms with Gasteiger partial charge >= 0.3 is 0 Å². The highest BCUT2D eigenvalue weighted by Gasteiger charge is 2.22. The summed E-state index contributed by atoms with van der Waals surface area (Å²) in [5.41, 5.74) is 5.76. The third-order valence-corrected chi connectivity index (χ3v) is 3.85. The Labute approximate surface area is 111 Å². The van der Waals surface area contributed by atoms with E-state index < -0.39 is 33.2 Å². The average Bonchev–Trinajstić information content (AvgIpc) is 2.30. The molecular weight excluding hydrogens is 273 g/mol. The molecule has 0 aliphatic rings. The average molecular weight is 289 g/mol. The highest BCUT2D eigenvalue weighted by Crippen LogP contribution is 2.21. The van der Waals surface area contributed by atoms with Crippen LogP contribution >= 0.6 is 0 Å². The number of nitrogens with one attached hydrogen (secondary N) is 1. The Kier molecular flexibility index (Phi) is 4.48. The summed E-state index contributed by atoms with van der Waals surface area (Å²) in [4.78, 5) is 12.0. The summed E-state index contributed by atoms with van der Waals surface area (Å²) in [5, 5.41) is 0. The first-order chi connectivity index (χ1) is 8.65. The molecule has 3 N–H and O–H groups in total. The van der Waals surface area contributed by atoms with Crippen LogP contribution in [0.3, 0.4) is 0 Å². The maximum Gasteiger partial charge on any atom is 0.244 e. The smallest absolute Gasteiger partial charge is 0.244 e. The number of carbonyl (C=O) groups excluding carboxylic acids is 1. The highest BCUT2D eigenvalue weighted by atomic mass is 32.2. The zero-order valence-electron chi connectivity index (χ0n) is 10.9. The quantitative estimate of drug-likeness (QED) is 0.768. The van der Waals surface area contributed by atoms with Gasteiger partial charge < -0.3 is 10.6 Å². The maximum atomic E-state index is 13.8. The first-order valence-corrected chi connectivity index (χ1v) is 6.89. The summed E-state index contributed by atoms with van der Waals surface area (Å²) in [5.74, 6) is -1.32. The Morgan fingerprint density at radius 1 is 1.42 bits per heavy atom. The van der Waals surface area contributed by atoms with Crippen molar-refractivity contribution < 1.29 is 17.6 Å². The molecule has 1 rings (SSSR count). The van der Waals surface area contributed by atoms with Crippen molar-refractivity contribution in [3.8, 4) is 0 Å². The van der Waals surface area contributed by atoms with E-state index in [2.05, 4.69) is 0 Å². The van der Waals surface area contributed by atoms with Crippen LogP contribution in [0, 0.1) is 12.7 Å². The summed E-state index contributed by atoms with van der Waals surface area (Å²) in [7, 11) is -1.14. The molecule has 0 fully saturated rings. The Bertz CT molecular complexity index is 599. The number of likely N-dealkylation sites (N-methyl/N-ethyl adjacent to an activating group) is 1. The van der Waals surface area contributed by atoms with E-state index in [4.69, 9.17) is 5.73 Å². The van der Waals surface area contributed by atoms with Crippen molar-refractivity contribution in [3.63, 3.8) is 0 Å². The fourth-order valence-electron chi connectivity index (χ4n) is 1.35. The van der Waals surface area contributed by atoms with Crippen LogP contribution in [0.1, 0.15) is 5.56 Å². The topological polar surface area (TPSA) is 92.5 Å². The Balaban J connectivity index is 3.05. The van der Waals surface area contributed by atoms with E-state index in [1.54, 1.807) is 0 Å². The first kappa shape index (κ1) is 15.4. The Morgan fingerprint density at radius 2 is 2.00 bits per heavy atom. The summed E-state index contributed by atoms with van der Waals surface area (Å²) in [6.45, 7) is 0.971. The monoisotopic (exact) mass is 289 g/mol. The predicted octanol–water partition coefficient (Wildman–Crippen LogP) is 0.0828. The van der Waals surface area contributed by atoms with Crippen LogP contribution < -0.4 is 10.5 Å². The minimum atomic E-state index is -4.12. The second kappa shape index (κ2) is 5.54. The number of sulfonamides is 1.